The van der Waals surface area contributed by atoms with Gasteiger partial charge < -0.3 is 10.4 Å². The summed E-state index contributed by atoms with van der Waals surface area (Å²) in [6, 6.07) is 7.73. The largest absolute Gasteiger partial charge is 0.395 e. The first-order valence-electron chi connectivity index (χ1n) is 7.05. The third-order valence-electron chi connectivity index (χ3n) is 3.77. The molecule has 1 atom stereocenters. The van der Waals surface area contributed by atoms with Crippen LogP contribution in [0.25, 0.3) is 0 Å². The second kappa shape index (κ2) is 7.62. The lowest BCUT2D eigenvalue weighted by Gasteiger charge is -2.22. The molecule has 1 aliphatic heterocycles. The molecule has 1 aromatic carbocycles. The Balaban J connectivity index is 1.72. The van der Waals surface area contributed by atoms with Crippen molar-refractivity contribution in [3.63, 3.8) is 0 Å². The van der Waals surface area contributed by atoms with Crippen LogP contribution in [-0.2, 0) is 11.3 Å². The van der Waals surface area contributed by atoms with E-state index in [4.69, 9.17) is 11.6 Å². The van der Waals surface area contributed by atoms with E-state index < -0.39 is 0 Å². The monoisotopic (exact) mass is 296 g/mol. The maximum Gasteiger partial charge on any atom is 0.221 e. The molecule has 0 bridgehead atoms. The zero-order valence-corrected chi connectivity index (χ0v) is 12.3. The highest BCUT2D eigenvalue weighted by Crippen LogP contribution is 2.17. The van der Waals surface area contributed by atoms with Crippen LogP contribution in [0.3, 0.4) is 0 Å². The van der Waals surface area contributed by atoms with Crippen LogP contribution in [0, 0.1) is 0 Å². The minimum absolute atomic E-state index is 0.0218. The van der Waals surface area contributed by atoms with E-state index in [0.29, 0.717) is 24.5 Å². The molecule has 0 aliphatic carbocycles. The number of hydrogen-bond donors (Lipinski definition) is 2. The molecular weight excluding hydrogens is 276 g/mol. The third kappa shape index (κ3) is 4.20. The van der Waals surface area contributed by atoms with Crippen molar-refractivity contribution >= 4 is 17.5 Å². The van der Waals surface area contributed by atoms with E-state index in [1.165, 1.54) is 0 Å². The number of carbonyl (C=O) groups is 1. The Morgan fingerprint density at radius 3 is 3.00 bits per heavy atom. The first-order valence-corrected chi connectivity index (χ1v) is 7.43. The normalized spacial score (nSPS) is 19.2. The van der Waals surface area contributed by atoms with Crippen molar-refractivity contribution in [2.24, 2.45) is 0 Å². The van der Waals surface area contributed by atoms with Gasteiger partial charge in [-0.25, -0.2) is 0 Å². The maximum atomic E-state index is 11.8. The van der Waals surface area contributed by atoms with Crippen LogP contribution >= 0.6 is 11.6 Å². The molecule has 1 fully saturated rings. The predicted octanol–water partition coefficient (Wildman–Crippen LogP) is 1.80. The smallest absolute Gasteiger partial charge is 0.221 e. The molecule has 0 aromatic heterocycles. The van der Waals surface area contributed by atoms with Gasteiger partial charge >= 0.3 is 0 Å². The Kier molecular flexibility index (Phi) is 5.83. The standard InChI is InChI=1S/C15H21ClN2O2/c16-14-6-2-1-4-12(14)10-17-15(20)7-9-18-8-3-5-13(18)11-19/h1-2,4,6,13,19H,3,5,7-11H2,(H,17,20). The van der Waals surface area contributed by atoms with Gasteiger partial charge in [0.15, 0.2) is 0 Å². The van der Waals surface area contributed by atoms with Gasteiger partial charge in [-0.05, 0) is 31.0 Å². The summed E-state index contributed by atoms with van der Waals surface area (Å²) in [7, 11) is 0. The molecule has 1 amide bonds. The van der Waals surface area contributed by atoms with Gasteiger partial charge in [0.2, 0.25) is 5.91 Å². The molecule has 0 saturated carbocycles. The number of nitrogens with one attached hydrogen (secondary N) is 1. The number of nitrogens with zero attached hydrogens (tertiary/aromatic N) is 1. The fraction of sp³-hybridized carbons (Fsp3) is 0.533. The Hall–Kier alpha value is -1.10. The summed E-state index contributed by atoms with van der Waals surface area (Å²) in [5.74, 6) is 0.0218. The van der Waals surface area contributed by atoms with E-state index in [-0.39, 0.29) is 18.6 Å². The van der Waals surface area contributed by atoms with E-state index in [9.17, 15) is 9.90 Å². The number of carbonyl (C=O) groups excluding carboxylic acids is 1. The Morgan fingerprint density at radius 1 is 1.45 bits per heavy atom. The van der Waals surface area contributed by atoms with Gasteiger partial charge in [0, 0.05) is 30.6 Å². The van der Waals surface area contributed by atoms with Gasteiger partial charge in [0.05, 0.1) is 6.61 Å². The first kappa shape index (κ1) is 15.3. The van der Waals surface area contributed by atoms with Crippen molar-refractivity contribution in [2.45, 2.75) is 31.8 Å². The number of likely N-dealkylation sites (tertiary alicyclic amines) is 1. The van der Waals surface area contributed by atoms with Crippen LogP contribution in [0.5, 0.6) is 0 Å². The van der Waals surface area contributed by atoms with Crippen LogP contribution in [0.4, 0.5) is 0 Å². The highest BCUT2D eigenvalue weighted by Gasteiger charge is 2.23. The van der Waals surface area contributed by atoms with Gasteiger partial charge in [-0.2, -0.15) is 0 Å². The van der Waals surface area contributed by atoms with Crippen LogP contribution in [-0.4, -0.2) is 41.7 Å². The van der Waals surface area contributed by atoms with E-state index in [2.05, 4.69) is 10.2 Å². The third-order valence-corrected chi connectivity index (χ3v) is 4.14. The second-order valence-corrected chi connectivity index (χ2v) is 5.54. The van der Waals surface area contributed by atoms with E-state index in [1.54, 1.807) is 0 Å². The molecule has 2 rings (SSSR count). The van der Waals surface area contributed by atoms with Crippen LogP contribution in [0.2, 0.25) is 5.02 Å². The molecule has 20 heavy (non-hydrogen) atoms. The van der Waals surface area contributed by atoms with E-state index in [1.807, 2.05) is 24.3 Å². The van der Waals surface area contributed by atoms with Crippen LogP contribution in [0.15, 0.2) is 24.3 Å². The van der Waals surface area contributed by atoms with Gasteiger partial charge in [0.25, 0.3) is 0 Å². The number of amides is 1. The molecule has 4 nitrogen and oxygen atoms in total. The fourth-order valence-corrected chi connectivity index (χ4v) is 2.77. The Bertz CT molecular complexity index is 453. The summed E-state index contributed by atoms with van der Waals surface area (Å²) in [4.78, 5) is 14.0. The SMILES string of the molecule is O=C(CCN1CCCC1CO)NCc1ccccc1Cl. The van der Waals surface area contributed by atoms with Gasteiger partial charge in [0.1, 0.15) is 0 Å². The molecule has 0 spiro atoms. The Labute approximate surface area is 124 Å². The summed E-state index contributed by atoms with van der Waals surface area (Å²) < 4.78 is 0. The number of aliphatic hydroxyl groups is 1. The molecule has 5 heteroatoms. The van der Waals surface area contributed by atoms with Crippen molar-refractivity contribution in [3.8, 4) is 0 Å². The lowest BCUT2D eigenvalue weighted by Crippen LogP contribution is -2.35. The number of benzene rings is 1. The minimum atomic E-state index is 0.0218. The minimum Gasteiger partial charge on any atom is -0.395 e. The van der Waals surface area contributed by atoms with Crippen LogP contribution in [0.1, 0.15) is 24.8 Å². The van der Waals surface area contributed by atoms with E-state index >= 15 is 0 Å². The summed E-state index contributed by atoms with van der Waals surface area (Å²) in [6.45, 7) is 2.33. The molecule has 0 radical (unpaired) electrons. The molecule has 1 heterocycles. The average Bonchev–Trinajstić information content (AvgIpc) is 2.91. The summed E-state index contributed by atoms with van der Waals surface area (Å²) in [6.07, 6.45) is 2.59. The van der Waals surface area contributed by atoms with Crippen molar-refractivity contribution in [2.75, 3.05) is 19.7 Å². The summed E-state index contributed by atoms with van der Waals surface area (Å²) in [5.41, 5.74) is 0.928. The highest BCUT2D eigenvalue weighted by molar-refractivity contribution is 6.31. The molecule has 2 N–H and O–H groups in total. The lowest BCUT2D eigenvalue weighted by molar-refractivity contribution is -0.121. The van der Waals surface area contributed by atoms with Gasteiger partial charge in [-0.1, -0.05) is 29.8 Å². The maximum absolute atomic E-state index is 11.8. The van der Waals surface area contributed by atoms with Crippen molar-refractivity contribution in [1.82, 2.24) is 10.2 Å². The second-order valence-electron chi connectivity index (χ2n) is 5.13. The Morgan fingerprint density at radius 2 is 2.25 bits per heavy atom. The average molecular weight is 297 g/mol. The van der Waals surface area contributed by atoms with E-state index in [0.717, 1.165) is 24.9 Å². The van der Waals surface area contributed by atoms with Gasteiger partial charge in [-0.15, -0.1) is 0 Å². The van der Waals surface area contributed by atoms with Crippen molar-refractivity contribution in [1.29, 1.82) is 0 Å². The number of aliphatic hydroxyl groups excluding tert-OH is 1. The molecule has 110 valence electrons. The summed E-state index contributed by atoms with van der Waals surface area (Å²) in [5, 5.41) is 12.8. The lowest BCUT2D eigenvalue weighted by atomic mass is 10.2. The van der Waals surface area contributed by atoms with Gasteiger partial charge in [-0.3, -0.25) is 9.69 Å². The zero-order valence-electron chi connectivity index (χ0n) is 11.5. The topological polar surface area (TPSA) is 52.6 Å². The molecule has 1 saturated heterocycles. The number of halogens is 1. The molecule has 1 aliphatic rings. The predicted molar refractivity (Wildman–Crippen MR) is 79.6 cm³/mol. The fourth-order valence-electron chi connectivity index (χ4n) is 2.57. The summed E-state index contributed by atoms with van der Waals surface area (Å²) >= 11 is 6.04. The molecule has 1 aromatic rings. The number of hydrogen-bond acceptors (Lipinski definition) is 3. The zero-order chi connectivity index (χ0) is 14.4. The van der Waals surface area contributed by atoms with Crippen LogP contribution < -0.4 is 5.32 Å². The molecular formula is C15H21ClN2O2. The number of rotatable bonds is 6. The molecule has 1 unspecified atom stereocenters. The highest BCUT2D eigenvalue weighted by atomic mass is 35.5. The first-order chi connectivity index (χ1) is 9.70. The quantitative estimate of drug-likeness (QED) is 0.842. The van der Waals surface area contributed by atoms with Crippen molar-refractivity contribution in [3.05, 3.63) is 34.9 Å². The van der Waals surface area contributed by atoms with Crippen molar-refractivity contribution < 1.29 is 9.90 Å².